The molecule has 1 amide bonds. The maximum absolute atomic E-state index is 13.2. The van der Waals surface area contributed by atoms with Crippen LogP contribution in [0.2, 0.25) is 0 Å². The molecule has 5 heteroatoms. The number of rotatable bonds is 3. The summed E-state index contributed by atoms with van der Waals surface area (Å²) in [7, 11) is 0. The van der Waals surface area contributed by atoms with Crippen molar-refractivity contribution in [2.45, 2.75) is 12.7 Å². The van der Waals surface area contributed by atoms with Crippen LogP contribution in [0.4, 0.5) is 5.69 Å². The number of hydrogen-bond acceptors (Lipinski definition) is 4. The normalized spacial score (nSPS) is 18.1. The van der Waals surface area contributed by atoms with Crippen molar-refractivity contribution in [3.05, 3.63) is 89.4 Å². The van der Waals surface area contributed by atoms with Crippen molar-refractivity contribution in [2.24, 2.45) is 0 Å². The van der Waals surface area contributed by atoms with Gasteiger partial charge in [0.1, 0.15) is 24.3 Å². The van der Waals surface area contributed by atoms with E-state index < -0.39 is 0 Å². The number of fused-ring (bicyclic) bond motifs is 2. The SMILES string of the molecule is O=C1c2ccccc2NC(C2=Cc3ccccc3OC2)N1Cc1ccco1. The first-order valence-electron chi connectivity index (χ1n) is 8.91. The van der Waals surface area contributed by atoms with Crippen LogP contribution in [0.5, 0.6) is 5.75 Å². The van der Waals surface area contributed by atoms with Gasteiger partial charge in [-0.15, -0.1) is 0 Å². The molecule has 1 aromatic heterocycles. The van der Waals surface area contributed by atoms with Crippen molar-refractivity contribution in [1.29, 1.82) is 0 Å². The van der Waals surface area contributed by atoms with Crippen molar-refractivity contribution in [1.82, 2.24) is 4.90 Å². The molecule has 0 aliphatic carbocycles. The minimum atomic E-state index is -0.300. The third-order valence-electron chi connectivity index (χ3n) is 4.93. The lowest BCUT2D eigenvalue weighted by atomic mass is 10.00. The van der Waals surface area contributed by atoms with Gasteiger partial charge >= 0.3 is 0 Å². The van der Waals surface area contributed by atoms with Crippen molar-refractivity contribution < 1.29 is 13.9 Å². The first-order valence-corrected chi connectivity index (χ1v) is 8.91. The van der Waals surface area contributed by atoms with Gasteiger partial charge in [-0.25, -0.2) is 0 Å². The van der Waals surface area contributed by atoms with E-state index in [2.05, 4.69) is 11.4 Å². The molecule has 1 atom stereocenters. The van der Waals surface area contributed by atoms with Crippen LogP contribution in [0.3, 0.4) is 0 Å². The van der Waals surface area contributed by atoms with Gasteiger partial charge in [-0.2, -0.15) is 0 Å². The van der Waals surface area contributed by atoms with Crippen LogP contribution < -0.4 is 10.1 Å². The molecule has 1 N–H and O–H groups in total. The summed E-state index contributed by atoms with van der Waals surface area (Å²) in [6.45, 7) is 0.815. The smallest absolute Gasteiger partial charge is 0.258 e. The molecule has 0 saturated carbocycles. The Morgan fingerprint density at radius 1 is 1.04 bits per heavy atom. The maximum Gasteiger partial charge on any atom is 0.258 e. The topological polar surface area (TPSA) is 54.7 Å². The molecule has 0 bridgehead atoms. The lowest BCUT2D eigenvalue weighted by molar-refractivity contribution is 0.0674. The molecule has 3 heterocycles. The third kappa shape index (κ3) is 2.77. The minimum Gasteiger partial charge on any atom is -0.488 e. The fraction of sp³-hybridized carbons (Fsp3) is 0.136. The fourth-order valence-electron chi connectivity index (χ4n) is 3.61. The number of carbonyl (C=O) groups is 1. The van der Waals surface area contributed by atoms with Gasteiger partial charge in [-0.3, -0.25) is 4.79 Å². The van der Waals surface area contributed by atoms with Crippen LogP contribution in [0.25, 0.3) is 6.08 Å². The number of nitrogens with zero attached hydrogens (tertiary/aromatic N) is 1. The van der Waals surface area contributed by atoms with Crippen molar-refractivity contribution in [3.8, 4) is 5.75 Å². The zero-order valence-electron chi connectivity index (χ0n) is 14.6. The number of furan rings is 1. The zero-order chi connectivity index (χ0) is 18.2. The lowest BCUT2D eigenvalue weighted by Crippen LogP contribution is -2.50. The molecule has 2 aromatic carbocycles. The van der Waals surface area contributed by atoms with Crippen LogP contribution in [0, 0.1) is 0 Å². The second-order valence-corrected chi connectivity index (χ2v) is 6.65. The van der Waals surface area contributed by atoms with Crippen molar-refractivity contribution in [2.75, 3.05) is 11.9 Å². The first kappa shape index (κ1) is 15.8. The number of ether oxygens (including phenoxy) is 1. The summed E-state index contributed by atoms with van der Waals surface area (Å²) >= 11 is 0. The number of benzene rings is 2. The Morgan fingerprint density at radius 2 is 1.89 bits per heavy atom. The average Bonchev–Trinajstić information content (AvgIpc) is 3.23. The average molecular weight is 358 g/mol. The highest BCUT2D eigenvalue weighted by molar-refractivity contribution is 6.02. The Morgan fingerprint density at radius 3 is 2.78 bits per heavy atom. The lowest BCUT2D eigenvalue weighted by Gasteiger charge is -2.39. The molecule has 0 fully saturated rings. The molecular formula is C22H18N2O3. The van der Waals surface area contributed by atoms with E-state index in [9.17, 15) is 4.79 Å². The van der Waals surface area contributed by atoms with Crippen LogP contribution in [0.15, 0.2) is 76.9 Å². The summed E-state index contributed by atoms with van der Waals surface area (Å²) in [5.41, 5.74) is 3.52. The maximum atomic E-state index is 13.2. The molecule has 27 heavy (non-hydrogen) atoms. The minimum absolute atomic E-state index is 0.0227. The van der Waals surface area contributed by atoms with Gasteiger partial charge in [0.2, 0.25) is 0 Å². The number of nitrogens with one attached hydrogen (secondary N) is 1. The number of hydrogen-bond donors (Lipinski definition) is 1. The van der Waals surface area contributed by atoms with Gasteiger partial charge in [0.05, 0.1) is 18.4 Å². The Hall–Kier alpha value is -3.47. The van der Waals surface area contributed by atoms with Gasteiger partial charge in [0.25, 0.3) is 5.91 Å². The third-order valence-corrected chi connectivity index (χ3v) is 4.93. The zero-order valence-corrected chi connectivity index (χ0v) is 14.6. The molecule has 2 aliphatic rings. The van der Waals surface area contributed by atoms with E-state index in [4.69, 9.17) is 9.15 Å². The number of amides is 1. The van der Waals surface area contributed by atoms with Crippen molar-refractivity contribution in [3.63, 3.8) is 0 Å². The van der Waals surface area contributed by atoms with Gasteiger partial charge < -0.3 is 19.4 Å². The van der Waals surface area contributed by atoms with E-state index in [-0.39, 0.29) is 12.1 Å². The highest BCUT2D eigenvalue weighted by Gasteiger charge is 2.35. The Balaban J connectivity index is 1.56. The van der Waals surface area contributed by atoms with E-state index >= 15 is 0 Å². The predicted molar refractivity (Wildman–Crippen MR) is 102 cm³/mol. The largest absolute Gasteiger partial charge is 0.488 e. The molecule has 5 rings (SSSR count). The molecule has 0 radical (unpaired) electrons. The molecule has 3 aromatic rings. The summed E-state index contributed by atoms with van der Waals surface area (Å²) < 4.78 is 11.4. The molecule has 134 valence electrons. The summed E-state index contributed by atoms with van der Waals surface area (Å²) in [5.74, 6) is 1.58. The van der Waals surface area contributed by atoms with Gasteiger partial charge in [0, 0.05) is 16.8 Å². The number of para-hydroxylation sites is 2. The highest BCUT2D eigenvalue weighted by Crippen LogP contribution is 2.33. The number of anilines is 1. The standard InChI is InChI=1S/C22H18N2O3/c25-22-18-8-2-3-9-19(18)23-21(24(22)13-17-7-5-11-26-17)16-12-15-6-1-4-10-20(15)27-14-16/h1-12,21,23H,13-14H2. The van der Waals surface area contributed by atoms with E-state index in [0.717, 1.165) is 28.3 Å². The summed E-state index contributed by atoms with van der Waals surface area (Å²) in [5, 5.41) is 3.51. The van der Waals surface area contributed by atoms with E-state index in [1.165, 1.54) is 0 Å². The molecule has 0 saturated heterocycles. The van der Waals surface area contributed by atoms with Crippen LogP contribution in [-0.2, 0) is 6.54 Å². The van der Waals surface area contributed by atoms with Crippen LogP contribution in [0.1, 0.15) is 21.7 Å². The highest BCUT2D eigenvalue weighted by atomic mass is 16.5. The van der Waals surface area contributed by atoms with E-state index in [1.807, 2.05) is 60.7 Å². The van der Waals surface area contributed by atoms with Crippen molar-refractivity contribution >= 4 is 17.7 Å². The van der Waals surface area contributed by atoms with Crippen LogP contribution in [-0.4, -0.2) is 23.6 Å². The molecule has 2 aliphatic heterocycles. The van der Waals surface area contributed by atoms with E-state index in [0.29, 0.717) is 18.7 Å². The van der Waals surface area contributed by atoms with Gasteiger partial charge in [0.15, 0.2) is 0 Å². The Labute approximate surface area is 156 Å². The monoisotopic (exact) mass is 358 g/mol. The van der Waals surface area contributed by atoms with Gasteiger partial charge in [-0.1, -0.05) is 30.3 Å². The van der Waals surface area contributed by atoms with Crippen LogP contribution >= 0.6 is 0 Å². The Kier molecular flexibility index (Phi) is 3.71. The molecule has 0 spiro atoms. The second-order valence-electron chi connectivity index (χ2n) is 6.65. The number of carbonyl (C=O) groups excluding carboxylic acids is 1. The molecule has 5 nitrogen and oxygen atoms in total. The first-order chi connectivity index (χ1) is 13.3. The quantitative estimate of drug-likeness (QED) is 0.764. The predicted octanol–water partition coefficient (Wildman–Crippen LogP) is 4.15. The second kappa shape index (κ2) is 6.36. The van der Waals surface area contributed by atoms with Gasteiger partial charge in [-0.05, 0) is 36.4 Å². The van der Waals surface area contributed by atoms with E-state index in [1.54, 1.807) is 11.2 Å². The Bertz CT molecular complexity index is 1020. The fourth-order valence-corrected chi connectivity index (χ4v) is 3.61. The summed E-state index contributed by atoms with van der Waals surface area (Å²) in [6, 6.07) is 19.2. The summed E-state index contributed by atoms with van der Waals surface area (Å²) in [4.78, 5) is 15.0. The summed E-state index contributed by atoms with van der Waals surface area (Å²) in [6.07, 6.45) is 3.43. The molecular weight excluding hydrogens is 340 g/mol. The molecule has 1 unspecified atom stereocenters.